The van der Waals surface area contributed by atoms with Gasteiger partial charge in [0.2, 0.25) is 5.91 Å². The lowest BCUT2D eigenvalue weighted by atomic mass is 10.1. The molecule has 2 N–H and O–H groups in total. The number of carbonyl (C=O) groups is 1. The van der Waals surface area contributed by atoms with E-state index in [4.69, 9.17) is 0 Å². The minimum absolute atomic E-state index is 0.155. The van der Waals surface area contributed by atoms with E-state index in [9.17, 15) is 4.79 Å². The SMILES string of the molecule is C/C=C/C=C/C(=O)Nc1cc(Nc2cc(C)ncn2)ccc1CC. The third kappa shape index (κ3) is 5.05. The van der Waals surface area contributed by atoms with Crippen LogP contribution in [0.2, 0.25) is 0 Å². The van der Waals surface area contributed by atoms with Crippen molar-refractivity contribution >= 4 is 23.1 Å². The topological polar surface area (TPSA) is 66.9 Å². The van der Waals surface area contributed by atoms with Crippen molar-refractivity contribution in [2.24, 2.45) is 0 Å². The van der Waals surface area contributed by atoms with Crippen LogP contribution in [-0.2, 0) is 11.2 Å². The molecule has 0 aliphatic rings. The Balaban J connectivity index is 2.19. The number of aromatic nitrogens is 2. The zero-order valence-corrected chi connectivity index (χ0v) is 14.2. The highest BCUT2D eigenvalue weighted by molar-refractivity contribution is 6.00. The average molecular weight is 322 g/mol. The molecule has 1 amide bonds. The van der Waals surface area contributed by atoms with Crippen LogP contribution in [0.4, 0.5) is 17.2 Å². The first-order valence-corrected chi connectivity index (χ1v) is 7.91. The van der Waals surface area contributed by atoms with Crippen LogP contribution in [0.3, 0.4) is 0 Å². The Labute approximate surface area is 142 Å². The Morgan fingerprint density at radius 1 is 1.21 bits per heavy atom. The van der Waals surface area contributed by atoms with Gasteiger partial charge in [0.05, 0.1) is 0 Å². The second kappa shape index (κ2) is 8.62. The summed E-state index contributed by atoms with van der Waals surface area (Å²) >= 11 is 0. The first-order valence-electron chi connectivity index (χ1n) is 7.91. The molecule has 0 spiro atoms. The van der Waals surface area contributed by atoms with E-state index in [1.165, 1.54) is 12.4 Å². The highest BCUT2D eigenvalue weighted by Crippen LogP contribution is 2.24. The Morgan fingerprint density at radius 2 is 2.04 bits per heavy atom. The molecule has 0 bridgehead atoms. The Morgan fingerprint density at radius 3 is 2.75 bits per heavy atom. The van der Waals surface area contributed by atoms with Gasteiger partial charge in [0.1, 0.15) is 12.1 Å². The van der Waals surface area contributed by atoms with E-state index in [-0.39, 0.29) is 5.91 Å². The van der Waals surface area contributed by atoms with Crippen molar-refractivity contribution < 1.29 is 4.79 Å². The van der Waals surface area contributed by atoms with Crippen molar-refractivity contribution in [3.8, 4) is 0 Å². The van der Waals surface area contributed by atoms with Crippen molar-refractivity contribution in [1.29, 1.82) is 0 Å². The maximum Gasteiger partial charge on any atom is 0.248 e. The van der Waals surface area contributed by atoms with E-state index in [1.807, 2.05) is 50.3 Å². The minimum atomic E-state index is -0.155. The van der Waals surface area contributed by atoms with Gasteiger partial charge in [-0.25, -0.2) is 9.97 Å². The van der Waals surface area contributed by atoms with Crippen molar-refractivity contribution in [2.45, 2.75) is 27.2 Å². The zero-order chi connectivity index (χ0) is 17.4. The Hall–Kier alpha value is -2.95. The number of nitrogens with one attached hydrogen (secondary N) is 2. The van der Waals surface area contributed by atoms with E-state index in [0.29, 0.717) is 0 Å². The number of anilines is 3. The maximum absolute atomic E-state index is 12.0. The first kappa shape index (κ1) is 17.4. The lowest BCUT2D eigenvalue weighted by Crippen LogP contribution is -2.10. The molecule has 5 nitrogen and oxygen atoms in total. The van der Waals surface area contributed by atoms with Crippen LogP contribution in [0.5, 0.6) is 0 Å². The van der Waals surface area contributed by atoms with Crippen LogP contribution in [-0.4, -0.2) is 15.9 Å². The summed E-state index contributed by atoms with van der Waals surface area (Å²) in [6.07, 6.45) is 9.26. The smallest absolute Gasteiger partial charge is 0.248 e. The van der Waals surface area contributed by atoms with Gasteiger partial charge in [-0.05, 0) is 38.0 Å². The van der Waals surface area contributed by atoms with Gasteiger partial charge < -0.3 is 10.6 Å². The number of hydrogen-bond donors (Lipinski definition) is 2. The summed E-state index contributed by atoms with van der Waals surface area (Å²) in [6, 6.07) is 7.76. The number of amides is 1. The molecule has 24 heavy (non-hydrogen) atoms. The molecular formula is C19H22N4O. The zero-order valence-electron chi connectivity index (χ0n) is 14.2. The number of carbonyl (C=O) groups excluding carboxylic acids is 1. The summed E-state index contributed by atoms with van der Waals surface area (Å²) in [5, 5.41) is 6.16. The predicted octanol–water partition coefficient (Wildman–Crippen LogP) is 4.16. The van der Waals surface area contributed by atoms with Gasteiger partial charge in [0.15, 0.2) is 0 Å². The molecule has 5 heteroatoms. The summed E-state index contributed by atoms with van der Waals surface area (Å²) in [7, 11) is 0. The summed E-state index contributed by atoms with van der Waals surface area (Å²) in [6.45, 7) is 5.87. The summed E-state index contributed by atoms with van der Waals surface area (Å²) in [5.41, 5.74) is 3.62. The molecule has 1 aromatic carbocycles. The fraction of sp³-hybridized carbons (Fsp3) is 0.211. The molecule has 2 aromatic rings. The summed E-state index contributed by atoms with van der Waals surface area (Å²) in [4.78, 5) is 20.3. The maximum atomic E-state index is 12.0. The van der Waals surface area contributed by atoms with E-state index in [0.717, 1.165) is 34.9 Å². The van der Waals surface area contributed by atoms with Crippen LogP contribution < -0.4 is 10.6 Å². The lowest BCUT2D eigenvalue weighted by molar-refractivity contribution is -0.111. The predicted molar refractivity (Wildman–Crippen MR) is 98.5 cm³/mol. The van der Waals surface area contributed by atoms with Gasteiger partial charge in [-0.15, -0.1) is 0 Å². The average Bonchev–Trinajstić information content (AvgIpc) is 2.55. The fourth-order valence-electron chi connectivity index (χ4n) is 2.18. The van der Waals surface area contributed by atoms with E-state index >= 15 is 0 Å². The van der Waals surface area contributed by atoms with Crippen molar-refractivity contribution in [3.63, 3.8) is 0 Å². The molecule has 0 fully saturated rings. The highest BCUT2D eigenvalue weighted by Gasteiger charge is 2.06. The second-order valence-electron chi connectivity index (χ2n) is 5.27. The molecular weight excluding hydrogens is 300 g/mol. The van der Waals surface area contributed by atoms with E-state index < -0.39 is 0 Å². The number of allylic oxidation sites excluding steroid dienone is 3. The minimum Gasteiger partial charge on any atom is -0.340 e. The third-order valence-electron chi connectivity index (χ3n) is 3.38. The van der Waals surface area contributed by atoms with Gasteiger partial charge in [0, 0.05) is 29.2 Å². The lowest BCUT2D eigenvalue weighted by Gasteiger charge is -2.12. The number of aryl methyl sites for hydroxylation is 2. The molecule has 0 saturated heterocycles. The Bertz CT molecular complexity index is 766. The normalized spacial score (nSPS) is 11.1. The summed E-state index contributed by atoms with van der Waals surface area (Å²) in [5.74, 6) is 0.565. The van der Waals surface area contributed by atoms with Gasteiger partial charge in [0.25, 0.3) is 0 Å². The summed E-state index contributed by atoms with van der Waals surface area (Å²) < 4.78 is 0. The van der Waals surface area contributed by atoms with Crippen LogP contribution in [0, 0.1) is 6.92 Å². The van der Waals surface area contributed by atoms with E-state index in [2.05, 4.69) is 27.5 Å². The number of benzene rings is 1. The van der Waals surface area contributed by atoms with Crippen molar-refractivity contribution in [3.05, 3.63) is 66.2 Å². The molecule has 124 valence electrons. The molecule has 0 unspecified atom stereocenters. The van der Waals surface area contributed by atoms with Crippen LogP contribution >= 0.6 is 0 Å². The molecule has 0 atom stereocenters. The Kier molecular flexibility index (Phi) is 6.25. The van der Waals surface area contributed by atoms with Crippen LogP contribution in [0.1, 0.15) is 25.1 Å². The third-order valence-corrected chi connectivity index (χ3v) is 3.38. The van der Waals surface area contributed by atoms with Gasteiger partial charge in [-0.2, -0.15) is 0 Å². The van der Waals surface area contributed by atoms with Gasteiger partial charge >= 0.3 is 0 Å². The fourth-order valence-corrected chi connectivity index (χ4v) is 2.18. The van der Waals surface area contributed by atoms with Crippen LogP contribution in [0.25, 0.3) is 0 Å². The molecule has 0 aliphatic heterocycles. The first-order chi connectivity index (χ1) is 11.6. The van der Waals surface area contributed by atoms with Crippen molar-refractivity contribution in [2.75, 3.05) is 10.6 Å². The molecule has 1 aromatic heterocycles. The second-order valence-corrected chi connectivity index (χ2v) is 5.27. The van der Waals surface area contributed by atoms with Crippen molar-refractivity contribution in [1.82, 2.24) is 9.97 Å². The molecule has 0 saturated carbocycles. The standard InChI is InChI=1S/C19H22N4O/c1-4-6-7-8-19(24)23-17-12-16(10-9-15(17)5-2)22-18-11-14(3)20-13-21-18/h4,6-13H,5H2,1-3H3,(H,23,24)(H,20,21,22)/b6-4+,8-7+. The molecule has 0 aliphatic carbocycles. The number of rotatable bonds is 6. The quantitative estimate of drug-likeness (QED) is 0.619. The van der Waals surface area contributed by atoms with E-state index in [1.54, 1.807) is 6.08 Å². The highest BCUT2D eigenvalue weighted by atomic mass is 16.1. The van der Waals surface area contributed by atoms with Crippen LogP contribution in [0.15, 0.2) is 54.9 Å². The molecule has 2 rings (SSSR count). The monoisotopic (exact) mass is 322 g/mol. The largest absolute Gasteiger partial charge is 0.340 e. The van der Waals surface area contributed by atoms with Gasteiger partial charge in [-0.1, -0.05) is 31.2 Å². The number of hydrogen-bond acceptors (Lipinski definition) is 4. The molecule has 1 heterocycles. The van der Waals surface area contributed by atoms with Gasteiger partial charge in [-0.3, -0.25) is 4.79 Å². The number of nitrogens with zero attached hydrogens (tertiary/aromatic N) is 2. The molecule has 0 radical (unpaired) electrons.